The first-order valence-corrected chi connectivity index (χ1v) is 16.9. The number of nitrogens with one attached hydrogen (secondary N) is 2. The number of alkyl halides is 3. The van der Waals surface area contributed by atoms with Crippen LogP contribution in [0.15, 0.2) is 41.2 Å². The van der Waals surface area contributed by atoms with Crippen molar-refractivity contribution in [1.29, 1.82) is 0 Å². The first-order chi connectivity index (χ1) is 22.9. The summed E-state index contributed by atoms with van der Waals surface area (Å²) < 4.78 is 43.1. The van der Waals surface area contributed by atoms with E-state index in [0.29, 0.717) is 45.1 Å². The van der Waals surface area contributed by atoms with E-state index in [0.717, 1.165) is 56.1 Å². The number of fused-ring (bicyclic) bond motifs is 1. The monoisotopic (exact) mass is 690 g/mol. The molecule has 3 aliphatic rings. The molecule has 1 atom stereocenters. The van der Waals surface area contributed by atoms with Crippen molar-refractivity contribution in [2.45, 2.75) is 56.4 Å². The van der Waals surface area contributed by atoms with Gasteiger partial charge in [0.1, 0.15) is 6.04 Å². The Labute approximate surface area is 281 Å². The number of hydrogen-bond donors (Lipinski definition) is 3. The number of aromatic amines is 1. The van der Waals surface area contributed by atoms with Gasteiger partial charge in [0.15, 0.2) is 0 Å². The molecule has 0 spiro atoms. The van der Waals surface area contributed by atoms with Crippen molar-refractivity contribution in [1.82, 2.24) is 34.5 Å². The number of anilines is 1. The van der Waals surface area contributed by atoms with Crippen LogP contribution < -0.4 is 16.7 Å². The van der Waals surface area contributed by atoms with Gasteiger partial charge in [0.2, 0.25) is 5.91 Å². The number of urea groups is 1. The normalized spacial score (nSPS) is 19.9. The van der Waals surface area contributed by atoms with Crippen molar-refractivity contribution in [2.24, 2.45) is 0 Å². The molecule has 6 rings (SSSR count). The number of H-pyrrole nitrogens is 1. The lowest BCUT2D eigenvalue weighted by Crippen LogP contribution is -2.57. The van der Waals surface area contributed by atoms with Crippen molar-refractivity contribution < 1.29 is 22.8 Å². The molecule has 11 nitrogen and oxygen atoms in total. The van der Waals surface area contributed by atoms with E-state index in [1.54, 1.807) is 14.4 Å². The Bertz CT molecular complexity index is 1690. The summed E-state index contributed by atoms with van der Waals surface area (Å²) in [5.74, 6) is -0.345. The molecule has 15 heteroatoms. The van der Waals surface area contributed by atoms with Gasteiger partial charge < -0.3 is 30.7 Å². The fourth-order valence-corrected chi connectivity index (χ4v) is 7.57. The fraction of sp³-hybridized carbons (Fsp3) is 0.545. The van der Waals surface area contributed by atoms with Crippen molar-refractivity contribution in [2.75, 3.05) is 65.1 Å². The molecular formula is C33H42ClF3N8O3. The van der Waals surface area contributed by atoms with Gasteiger partial charge >= 0.3 is 17.9 Å². The molecule has 4 heterocycles. The van der Waals surface area contributed by atoms with E-state index in [4.69, 9.17) is 17.3 Å². The molecule has 48 heavy (non-hydrogen) atoms. The van der Waals surface area contributed by atoms with E-state index in [2.05, 4.69) is 27.1 Å². The van der Waals surface area contributed by atoms with Crippen LogP contribution in [0.1, 0.15) is 42.9 Å². The molecule has 0 aliphatic carbocycles. The predicted molar refractivity (Wildman–Crippen MR) is 178 cm³/mol. The second-order valence-electron chi connectivity index (χ2n) is 13.2. The third kappa shape index (κ3) is 7.30. The Hall–Kier alpha value is -3.75. The van der Waals surface area contributed by atoms with Crippen LogP contribution in [0.5, 0.6) is 0 Å². The topological polar surface area (TPSA) is 123 Å². The summed E-state index contributed by atoms with van der Waals surface area (Å²) in [7, 11) is 2.10. The predicted octanol–water partition coefficient (Wildman–Crippen LogP) is 3.78. The van der Waals surface area contributed by atoms with E-state index in [9.17, 15) is 27.6 Å². The largest absolute Gasteiger partial charge is 0.418 e. The first kappa shape index (κ1) is 34.1. The second-order valence-corrected chi connectivity index (χ2v) is 13.6. The summed E-state index contributed by atoms with van der Waals surface area (Å²) >= 11 is 6.12. The maximum atomic E-state index is 14.0. The van der Waals surface area contributed by atoms with Gasteiger partial charge in [0.05, 0.1) is 27.3 Å². The van der Waals surface area contributed by atoms with Gasteiger partial charge in [-0.2, -0.15) is 13.2 Å². The zero-order valence-corrected chi connectivity index (χ0v) is 27.7. The smallest absolute Gasteiger partial charge is 0.397 e. The fourth-order valence-electron chi connectivity index (χ4n) is 7.33. The van der Waals surface area contributed by atoms with Gasteiger partial charge in [-0.1, -0.05) is 23.7 Å². The number of benzene rings is 2. The quantitative estimate of drug-likeness (QED) is 0.339. The van der Waals surface area contributed by atoms with Gasteiger partial charge in [-0.25, -0.2) is 9.59 Å². The van der Waals surface area contributed by atoms with Crippen LogP contribution >= 0.6 is 11.6 Å². The minimum absolute atomic E-state index is 0.116. The molecule has 3 aromatic rings. The molecule has 0 bridgehead atoms. The summed E-state index contributed by atoms with van der Waals surface area (Å²) in [6, 6.07) is 8.30. The molecule has 0 unspecified atom stereocenters. The number of nitrogen functional groups attached to an aromatic ring is 1. The third-order valence-corrected chi connectivity index (χ3v) is 10.4. The Morgan fingerprint density at radius 3 is 2.25 bits per heavy atom. The molecule has 3 aliphatic heterocycles. The van der Waals surface area contributed by atoms with Crippen molar-refractivity contribution in [3.8, 4) is 0 Å². The number of amides is 3. The van der Waals surface area contributed by atoms with Gasteiger partial charge in [-0.3, -0.25) is 14.3 Å². The number of rotatable bonds is 6. The highest BCUT2D eigenvalue weighted by Gasteiger charge is 2.37. The molecule has 260 valence electrons. The number of piperidine rings is 2. The lowest BCUT2D eigenvalue weighted by atomic mass is 9.98. The molecule has 1 aromatic heterocycles. The van der Waals surface area contributed by atoms with E-state index >= 15 is 0 Å². The minimum atomic E-state index is -4.74. The van der Waals surface area contributed by atoms with Crippen LogP contribution in [0.3, 0.4) is 0 Å². The lowest BCUT2D eigenvalue weighted by molar-refractivity contribution is -0.137. The lowest BCUT2D eigenvalue weighted by Gasteiger charge is -2.42. The van der Waals surface area contributed by atoms with Crippen LogP contribution in [-0.4, -0.2) is 113 Å². The first-order valence-electron chi connectivity index (χ1n) is 16.5. The summed E-state index contributed by atoms with van der Waals surface area (Å²) in [4.78, 5) is 51.3. The van der Waals surface area contributed by atoms with Crippen molar-refractivity contribution in [3.63, 3.8) is 0 Å². The number of carbonyl (C=O) groups excluding carboxylic acids is 2. The average molecular weight is 691 g/mol. The molecule has 3 fully saturated rings. The Morgan fingerprint density at radius 1 is 0.958 bits per heavy atom. The van der Waals surface area contributed by atoms with E-state index in [1.807, 2.05) is 24.3 Å². The van der Waals surface area contributed by atoms with Crippen LogP contribution in [0.4, 0.5) is 23.7 Å². The highest BCUT2D eigenvalue weighted by atomic mass is 35.5. The summed E-state index contributed by atoms with van der Waals surface area (Å²) in [6.45, 7) is 5.59. The number of hydrogen-bond acceptors (Lipinski definition) is 6. The highest BCUT2D eigenvalue weighted by molar-refractivity contribution is 6.33. The van der Waals surface area contributed by atoms with Crippen LogP contribution in [0, 0.1) is 0 Å². The molecule has 4 N–H and O–H groups in total. The Kier molecular flexibility index (Phi) is 9.96. The zero-order valence-electron chi connectivity index (χ0n) is 26.9. The molecule has 0 saturated carbocycles. The van der Waals surface area contributed by atoms with Crippen molar-refractivity contribution in [3.05, 3.63) is 63.0 Å². The molecule has 2 aromatic carbocycles. The number of imidazole rings is 1. The van der Waals surface area contributed by atoms with E-state index < -0.39 is 29.5 Å². The van der Waals surface area contributed by atoms with E-state index in [-0.39, 0.29) is 34.6 Å². The Balaban J connectivity index is 1.16. The SMILES string of the molecule is CN1CCN(C2CCN(C(=O)[C@@H](Cc3cc(Cl)c(N)c(C(F)(F)F)c3)NC(=O)N3CCC(n4c(=O)[nH]c5ccccc54)CC3)CC2)CC1. The standard InChI is InChI=1S/C33H42ClF3N8O3/c1-41-14-16-42(17-15-41)22-6-10-43(11-7-22)30(46)27(20-21-18-24(33(35,36)37)29(38)25(34)19-21)40-31(47)44-12-8-23(9-13-44)45-28-5-3-2-4-26(28)39-32(45)48/h2-5,18-19,22-23,27H,6-17,20,38H2,1H3,(H,39,48)(H,40,47)/t27-/m1/s1. The van der Waals surface area contributed by atoms with Crippen LogP contribution in [0.25, 0.3) is 11.0 Å². The molecule has 3 saturated heterocycles. The van der Waals surface area contributed by atoms with Crippen LogP contribution in [-0.2, 0) is 17.4 Å². The number of halogens is 4. The number of piperazine rings is 1. The molecular weight excluding hydrogens is 649 g/mol. The number of nitrogens with zero attached hydrogens (tertiary/aromatic N) is 5. The molecule has 3 amide bonds. The number of aromatic nitrogens is 2. The number of para-hydroxylation sites is 2. The minimum Gasteiger partial charge on any atom is -0.397 e. The van der Waals surface area contributed by atoms with Gasteiger partial charge in [0.25, 0.3) is 0 Å². The summed E-state index contributed by atoms with van der Waals surface area (Å²) in [6.07, 6.45) is -2.32. The third-order valence-electron chi connectivity index (χ3n) is 10.1. The highest BCUT2D eigenvalue weighted by Crippen LogP contribution is 2.38. The van der Waals surface area contributed by atoms with Gasteiger partial charge in [-0.05, 0) is 62.6 Å². The number of likely N-dealkylation sites (N-methyl/N-ethyl adjacent to an activating group) is 1. The number of nitrogens with two attached hydrogens (primary N) is 1. The van der Waals surface area contributed by atoms with Crippen LogP contribution in [0.2, 0.25) is 5.02 Å². The van der Waals surface area contributed by atoms with Gasteiger partial charge in [0, 0.05) is 70.9 Å². The molecule has 0 radical (unpaired) electrons. The van der Waals surface area contributed by atoms with Crippen molar-refractivity contribution >= 4 is 40.3 Å². The number of likely N-dealkylation sites (tertiary alicyclic amines) is 2. The second kappa shape index (κ2) is 14.0. The zero-order chi connectivity index (χ0) is 34.2. The average Bonchev–Trinajstić information content (AvgIpc) is 3.41. The Morgan fingerprint density at radius 2 is 1.58 bits per heavy atom. The maximum Gasteiger partial charge on any atom is 0.418 e. The number of carbonyl (C=O) groups is 2. The maximum absolute atomic E-state index is 14.0. The summed E-state index contributed by atoms with van der Waals surface area (Å²) in [5, 5.41) is 2.58. The summed E-state index contributed by atoms with van der Waals surface area (Å²) in [5.41, 5.74) is 5.48. The van der Waals surface area contributed by atoms with E-state index in [1.165, 1.54) is 6.07 Å². The van der Waals surface area contributed by atoms with Gasteiger partial charge in [-0.15, -0.1) is 0 Å².